The third-order valence-corrected chi connectivity index (χ3v) is 5.66. The van der Waals surface area contributed by atoms with Gasteiger partial charge in [0.15, 0.2) is 0 Å². The van der Waals surface area contributed by atoms with Gasteiger partial charge in [-0.05, 0) is 30.3 Å². The van der Waals surface area contributed by atoms with E-state index < -0.39 is 40.5 Å². The largest absolute Gasteiger partial charge is 0.467 e. The fourth-order valence-corrected chi connectivity index (χ4v) is 3.83. The van der Waals surface area contributed by atoms with Gasteiger partial charge in [0.2, 0.25) is 5.91 Å². The van der Waals surface area contributed by atoms with Gasteiger partial charge in [-0.15, -0.1) is 6.58 Å². The molecule has 0 aromatic heterocycles. The van der Waals surface area contributed by atoms with Gasteiger partial charge in [0.25, 0.3) is 5.69 Å². The number of carbonyl (C=O) groups excluding carboxylic acids is 3. The molecule has 1 N–H and O–H groups in total. The lowest BCUT2D eigenvalue weighted by atomic mass is 10.1. The molecular formula is C19H20ClN3O7. The van der Waals surface area contributed by atoms with Crippen LogP contribution in [0.25, 0.3) is 0 Å². The molecule has 1 heterocycles. The molecule has 1 aromatic carbocycles. The van der Waals surface area contributed by atoms with Crippen molar-refractivity contribution in [2.75, 3.05) is 13.7 Å². The topological polar surface area (TPSA) is 128 Å². The van der Waals surface area contributed by atoms with Crippen LogP contribution in [0.4, 0.5) is 5.69 Å². The van der Waals surface area contributed by atoms with Crippen LogP contribution in [0, 0.1) is 16.0 Å². The van der Waals surface area contributed by atoms with Crippen LogP contribution in [0.15, 0.2) is 36.9 Å². The summed E-state index contributed by atoms with van der Waals surface area (Å²) in [4.78, 5) is 47.2. The molecule has 4 atom stereocenters. The SMILES string of the molecule is C=C[C@@H]1C[C@]1(NC(=O)[C@@H]1C[C@H](OC(=O)c2ccc([N+](=O)[O-])cc2)CN1Cl)C(=O)OC. The second kappa shape index (κ2) is 8.41. The Morgan fingerprint density at radius 3 is 2.57 bits per heavy atom. The molecule has 1 saturated carbocycles. The summed E-state index contributed by atoms with van der Waals surface area (Å²) in [6.45, 7) is 3.76. The minimum atomic E-state index is -1.14. The van der Waals surface area contributed by atoms with E-state index in [0.717, 1.165) is 0 Å². The average molecular weight is 438 g/mol. The lowest BCUT2D eigenvalue weighted by Gasteiger charge is -2.21. The first-order valence-corrected chi connectivity index (χ1v) is 9.46. The highest BCUT2D eigenvalue weighted by molar-refractivity contribution is 6.15. The van der Waals surface area contributed by atoms with E-state index in [-0.39, 0.29) is 30.1 Å². The first-order chi connectivity index (χ1) is 14.2. The first-order valence-electron chi connectivity index (χ1n) is 9.12. The van der Waals surface area contributed by atoms with Crippen molar-refractivity contribution in [3.8, 4) is 0 Å². The van der Waals surface area contributed by atoms with Gasteiger partial charge in [0.05, 0.1) is 24.1 Å². The van der Waals surface area contributed by atoms with Gasteiger partial charge in [-0.1, -0.05) is 6.08 Å². The van der Waals surface area contributed by atoms with E-state index in [2.05, 4.69) is 11.9 Å². The van der Waals surface area contributed by atoms with Gasteiger partial charge in [-0.3, -0.25) is 14.9 Å². The predicted molar refractivity (Wildman–Crippen MR) is 104 cm³/mol. The number of carbonyl (C=O) groups is 3. The van der Waals surface area contributed by atoms with Crippen molar-refractivity contribution in [1.82, 2.24) is 9.74 Å². The average Bonchev–Trinajstić information content (AvgIpc) is 3.32. The number of rotatable bonds is 7. The quantitative estimate of drug-likeness (QED) is 0.224. The molecule has 0 radical (unpaired) electrons. The van der Waals surface area contributed by atoms with Gasteiger partial charge >= 0.3 is 11.9 Å². The Morgan fingerprint density at radius 2 is 2.03 bits per heavy atom. The Balaban J connectivity index is 1.60. The maximum absolute atomic E-state index is 12.7. The molecule has 10 nitrogen and oxygen atoms in total. The van der Waals surface area contributed by atoms with Crippen LogP contribution in [0.2, 0.25) is 0 Å². The van der Waals surface area contributed by atoms with Crippen molar-refractivity contribution in [3.05, 3.63) is 52.6 Å². The van der Waals surface area contributed by atoms with E-state index in [1.54, 1.807) is 6.08 Å². The number of esters is 2. The number of benzene rings is 1. The molecule has 3 rings (SSSR count). The van der Waals surface area contributed by atoms with Crippen LogP contribution in [0.3, 0.4) is 0 Å². The monoisotopic (exact) mass is 437 g/mol. The fraction of sp³-hybridized carbons (Fsp3) is 0.421. The zero-order valence-electron chi connectivity index (χ0n) is 16.1. The Kier molecular flexibility index (Phi) is 6.09. The number of nitrogens with one attached hydrogen (secondary N) is 1. The molecular weight excluding hydrogens is 418 g/mol. The third-order valence-electron chi connectivity index (χ3n) is 5.29. The summed E-state index contributed by atoms with van der Waals surface area (Å²) in [5, 5.41) is 13.4. The van der Waals surface area contributed by atoms with Crippen LogP contribution in [0.1, 0.15) is 23.2 Å². The first kappa shape index (κ1) is 21.7. The number of ether oxygens (including phenoxy) is 2. The highest BCUT2D eigenvalue weighted by Crippen LogP contribution is 2.45. The molecule has 1 aliphatic heterocycles. The van der Waals surface area contributed by atoms with Gasteiger partial charge in [0, 0.05) is 24.5 Å². The van der Waals surface area contributed by atoms with E-state index in [1.165, 1.54) is 35.8 Å². The van der Waals surface area contributed by atoms with Crippen LogP contribution < -0.4 is 5.32 Å². The number of hydrogen-bond donors (Lipinski definition) is 1. The number of methoxy groups -OCH3 is 1. The molecule has 2 aliphatic rings. The van der Waals surface area contributed by atoms with E-state index in [0.29, 0.717) is 6.42 Å². The zero-order chi connectivity index (χ0) is 22.1. The standard InChI is InChI=1S/C19H20ClN3O7/c1-3-12-9-19(12,18(26)29-2)21-16(24)15-8-14(10-22(15)20)30-17(25)11-4-6-13(7-5-11)23(27)28/h3-7,12,14-15H,1,8-10H2,2H3,(H,21,24)/t12-,14+,15+,19-/m1/s1. The molecule has 160 valence electrons. The van der Waals surface area contributed by atoms with Gasteiger partial charge in [0.1, 0.15) is 17.7 Å². The molecule has 2 fully saturated rings. The number of nitro groups is 1. The van der Waals surface area contributed by atoms with E-state index >= 15 is 0 Å². The van der Waals surface area contributed by atoms with Crippen molar-refractivity contribution in [3.63, 3.8) is 0 Å². The Hall–Kier alpha value is -2.98. The summed E-state index contributed by atoms with van der Waals surface area (Å²) in [7, 11) is 1.24. The van der Waals surface area contributed by atoms with E-state index in [4.69, 9.17) is 21.3 Å². The minimum absolute atomic E-state index is 0.106. The van der Waals surface area contributed by atoms with Crippen LogP contribution >= 0.6 is 11.8 Å². The Bertz CT molecular complexity index is 891. The van der Waals surface area contributed by atoms with Gasteiger partial charge in [-0.2, -0.15) is 0 Å². The van der Waals surface area contributed by atoms with Crippen molar-refractivity contribution >= 4 is 35.3 Å². The lowest BCUT2D eigenvalue weighted by Crippen LogP contribution is -2.51. The van der Waals surface area contributed by atoms with Gasteiger partial charge in [-0.25, -0.2) is 14.0 Å². The Morgan fingerprint density at radius 1 is 1.37 bits per heavy atom. The number of halogens is 1. The smallest absolute Gasteiger partial charge is 0.338 e. The summed E-state index contributed by atoms with van der Waals surface area (Å²) in [6.07, 6.45) is 1.44. The summed E-state index contributed by atoms with van der Waals surface area (Å²) in [6, 6.07) is 4.18. The number of non-ortho nitro benzene ring substituents is 1. The molecule has 11 heteroatoms. The maximum atomic E-state index is 12.7. The summed E-state index contributed by atoms with van der Waals surface area (Å²) in [5.41, 5.74) is -1.14. The number of nitro benzene ring substituents is 1. The summed E-state index contributed by atoms with van der Waals surface area (Å²) < 4.78 is 11.4. The lowest BCUT2D eigenvalue weighted by molar-refractivity contribution is -0.384. The second-order valence-electron chi connectivity index (χ2n) is 7.16. The Labute approximate surface area is 177 Å². The normalized spacial score (nSPS) is 27.7. The molecule has 1 amide bonds. The zero-order valence-corrected chi connectivity index (χ0v) is 16.8. The minimum Gasteiger partial charge on any atom is -0.467 e. The second-order valence-corrected chi connectivity index (χ2v) is 7.60. The summed E-state index contributed by atoms with van der Waals surface area (Å²) in [5.74, 6) is -1.94. The molecule has 1 aliphatic carbocycles. The van der Waals surface area contributed by atoms with Gasteiger partial charge < -0.3 is 14.8 Å². The van der Waals surface area contributed by atoms with E-state index in [9.17, 15) is 24.5 Å². The molecule has 30 heavy (non-hydrogen) atoms. The fourth-order valence-electron chi connectivity index (χ4n) is 3.51. The molecule has 0 unspecified atom stereocenters. The number of nitrogens with zero attached hydrogens (tertiary/aromatic N) is 2. The summed E-state index contributed by atoms with van der Waals surface area (Å²) >= 11 is 6.16. The molecule has 0 bridgehead atoms. The number of amides is 1. The van der Waals surface area contributed by atoms with Crippen molar-refractivity contribution in [2.24, 2.45) is 5.92 Å². The maximum Gasteiger partial charge on any atom is 0.338 e. The van der Waals surface area contributed by atoms with Crippen molar-refractivity contribution in [2.45, 2.75) is 30.5 Å². The van der Waals surface area contributed by atoms with Crippen LogP contribution in [-0.2, 0) is 19.1 Å². The highest BCUT2D eigenvalue weighted by Gasteiger charge is 2.61. The molecule has 1 aromatic rings. The third kappa shape index (κ3) is 4.14. The van der Waals surface area contributed by atoms with E-state index in [1.807, 2.05) is 0 Å². The highest BCUT2D eigenvalue weighted by atomic mass is 35.5. The van der Waals surface area contributed by atoms with Crippen molar-refractivity contribution in [1.29, 1.82) is 0 Å². The van der Waals surface area contributed by atoms with Crippen LogP contribution in [-0.4, -0.2) is 58.5 Å². The number of hydrogen-bond acceptors (Lipinski definition) is 8. The van der Waals surface area contributed by atoms with Crippen molar-refractivity contribution < 1.29 is 28.8 Å². The predicted octanol–water partition coefficient (Wildman–Crippen LogP) is 1.58. The molecule has 1 saturated heterocycles. The van der Waals surface area contributed by atoms with Crippen LogP contribution in [0.5, 0.6) is 0 Å². The molecule has 0 spiro atoms.